The van der Waals surface area contributed by atoms with Gasteiger partial charge in [0.25, 0.3) is 0 Å². The summed E-state index contributed by atoms with van der Waals surface area (Å²) in [5.41, 5.74) is 0.0405. The van der Waals surface area contributed by atoms with Gasteiger partial charge in [-0.25, -0.2) is 9.18 Å². The predicted octanol–water partition coefficient (Wildman–Crippen LogP) is 1.97. The maximum Gasteiger partial charge on any atom is 0.345 e. The van der Waals surface area contributed by atoms with E-state index in [4.69, 9.17) is 4.74 Å². The molecule has 1 rings (SSSR count). The van der Waals surface area contributed by atoms with Gasteiger partial charge in [0.15, 0.2) is 0 Å². The lowest BCUT2D eigenvalue weighted by Crippen LogP contribution is -2.12. The van der Waals surface area contributed by atoms with E-state index < -0.39 is 12.1 Å². The molecule has 0 saturated carbocycles. The summed E-state index contributed by atoms with van der Waals surface area (Å²) in [7, 11) is 1.33. The monoisotopic (exact) mass is 228 g/mol. The Labute approximate surface area is 92.6 Å². The van der Waals surface area contributed by atoms with Crippen molar-refractivity contribution in [3.8, 4) is 11.5 Å². The highest BCUT2D eigenvalue weighted by Crippen LogP contribution is 2.31. The summed E-state index contributed by atoms with van der Waals surface area (Å²) in [4.78, 5) is 11.2. The van der Waals surface area contributed by atoms with Crippen LogP contribution in [0.2, 0.25) is 0 Å². The molecule has 0 radical (unpaired) electrons. The Morgan fingerprint density at radius 2 is 2.25 bits per heavy atom. The maximum absolute atomic E-state index is 13.7. The number of phenols is 1. The molecular formula is C11H13FO4. The van der Waals surface area contributed by atoms with Crippen molar-refractivity contribution in [1.29, 1.82) is 0 Å². The molecule has 0 aromatic heterocycles. The van der Waals surface area contributed by atoms with Gasteiger partial charge in [0.2, 0.25) is 6.17 Å². The molecule has 0 heterocycles. The van der Waals surface area contributed by atoms with Crippen LogP contribution < -0.4 is 4.74 Å². The van der Waals surface area contributed by atoms with Crippen LogP contribution in [0, 0.1) is 0 Å². The fraction of sp³-hybridized carbons (Fsp3) is 0.364. The lowest BCUT2D eigenvalue weighted by Gasteiger charge is -2.12. The number of aromatic hydroxyl groups is 1. The van der Waals surface area contributed by atoms with Crippen molar-refractivity contribution >= 4 is 5.97 Å². The number of methoxy groups -OCH3 is 1. The van der Waals surface area contributed by atoms with E-state index >= 15 is 0 Å². The lowest BCUT2D eigenvalue weighted by molar-refractivity contribution is -0.149. The molecule has 1 atom stereocenters. The van der Waals surface area contributed by atoms with Gasteiger partial charge in [0, 0.05) is 11.6 Å². The number of rotatable bonds is 4. The standard InChI is InChI=1S/C11H13FO4/c1-3-16-11(14)10(12)8-5-4-7(13)6-9(8)15-2/h4-6,10,13H,3H2,1-2H3. The van der Waals surface area contributed by atoms with Gasteiger partial charge in [-0.1, -0.05) is 0 Å². The summed E-state index contributed by atoms with van der Waals surface area (Å²) in [6.07, 6.45) is -1.91. The Kier molecular flexibility index (Phi) is 4.10. The van der Waals surface area contributed by atoms with Gasteiger partial charge < -0.3 is 14.6 Å². The summed E-state index contributed by atoms with van der Waals surface area (Å²) in [6.45, 7) is 1.71. The van der Waals surface area contributed by atoms with Crippen molar-refractivity contribution in [3.05, 3.63) is 23.8 Å². The minimum Gasteiger partial charge on any atom is -0.508 e. The number of hydrogen-bond donors (Lipinski definition) is 1. The number of esters is 1. The number of halogens is 1. The maximum atomic E-state index is 13.7. The first-order valence-electron chi connectivity index (χ1n) is 4.77. The molecule has 0 aliphatic carbocycles. The van der Waals surface area contributed by atoms with Crippen molar-refractivity contribution in [2.45, 2.75) is 13.1 Å². The Balaban J connectivity index is 2.98. The van der Waals surface area contributed by atoms with Crippen LogP contribution in [0.1, 0.15) is 18.7 Å². The Hall–Kier alpha value is -1.78. The van der Waals surface area contributed by atoms with Gasteiger partial charge in [-0.2, -0.15) is 0 Å². The molecule has 0 amide bonds. The third kappa shape index (κ3) is 2.62. The van der Waals surface area contributed by atoms with Gasteiger partial charge in [-0.05, 0) is 19.1 Å². The molecule has 16 heavy (non-hydrogen) atoms. The molecule has 0 spiro atoms. The van der Waals surface area contributed by atoms with Crippen LogP contribution in [0.5, 0.6) is 11.5 Å². The molecular weight excluding hydrogens is 215 g/mol. The van der Waals surface area contributed by atoms with Gasteiger partial charge >= 0.3 is 5.97 Å². The summed E-state index contributed by atoms with van der Waals surface area (Å²) >= 11 is 0. The van der Waals surface area contributed by atoms with E-state index in [0.29, 0.717) is 0 Å². The van der Waals surface area contributed by atoms with Crippen LogP contribution in [0.3, 0.4) is 0 Å². The van der Waals surface area contributed by atoms with Crippen LogP contribution in [0.15, 0.2) is 18.2 Å². The van der Waals surface area contributed by atoms with Gasteiger partial charge in [-0.3, -0.25) is 0 Å². The first-order chi connectivity index (χ1) is 7.60. The number of carbonyl (C=O) groups excluding carboxylic acids is 1. The van der Waals surface area contributed by atoms with Crippen LogP contribution >= 0.6 is 0 Å². The molecule has 1 N–H and O–H groups in total. The van der Waals surface area contributed by atoms with Crippen molar-refractivity contribution in [2.75, 3.05) is 13.7 Å². The van der Waals surface area contributed by atoms with Crippen molar-refractivity contribution in [2.24, 2.45) is 0 Å². The van der Waals surface area contributed by atoms with E-state index in [9.17, 15) is 14.3 Å². The second-order valence-corrected chi connectivity index (χ2v) is 3.04. The van der Waals surface area contributed by atoms with E-state index in [0.717, 1.165) is 0 Å². The fourth-order valence-corrected chi connectivity index (χ4v) is 1.25. The van der Waals surface area contributed by atoms with Crippen molar-refractivity contribution < 1.29 is 23.8 Å². The lowest BCUT2D eigenvalue weighted by atomic mass is 10.1. The Bertz CT molecular complexity index is 378. The van der Waals surface area contributed by atoms with Crippen LogP contribution in [-0.2, 0) is 9.53 Å². The molecule has 5 heteroatoms. The Morgan fingerprint density at radius 1 is 1.56 bits per heavy atom. The number of ether oxygens (including phenoxy) is 2. The van der Waals surface area contributed by atoms with Crippen molar-refractivity contribution in [1.82, 2.24) is 0 Å². The van der Waals surface area contributed by atoms with Gasteiger partial charge in [-0.15, -0.1) is 0 Å². The van der Waals surface area contributed by atoms with Crippen LogP contribution in [0.4, 0.5) is 4.39 Å². The molecule has 1 aromatic carbocycles. The third-order valence-electron chi connectivity index (χ3n) is 1.98. The zero-order chi connectivity index (χ0) is 12.1. The summed E-state index contributed by atoms with van der Waals surface area (Å²) in [6, 6.07) is 3.81. The molecule has 1 aromatic rings. The second kappa shape index (κ2) is 5.34. The number of hydrogen-bond acceptors (Lipinski definition) is 4. The zero-order valence-electron chi connectivity index (χ0n) is 9.07. The van der Waals surface area contributed by atoms with Crippen LogP contribution in [-0.4, -0.2) is 24.8 Å². The minimum atomic E-state index is -1.91. The molecule has 1 unspecified atom stereocenters. The fourth-order valence-electron chi connectivity index (χ4n) is 1.25. The highest BCUT2D eigenvalue weighted by Gasteiger charge is 2.24. The highest BCUT2D eigenvalue weighted by atomic mass is 19.1. The first kappa shape index (κ1) is 12.3. The predicted molar refractivity (Wildman–Crippen MR) is 55.1 cm³/mol. The molecule has 88 valence electrons. The summed E-state index contributed by atoms with van der Waals surface area (Å²) in [5.74, 6) is -0.913. The summed E-state index contributed by atoms with van der Waals surface area (Å²) < 4.78 is 23.1. The largest absolute Gasteiger partial charge is 0.508 e. The number of phenolic OH excluding ortho intramolecular Hbond substituents is 1. The summed E-state index contributed by atoms with van der Waals surface area (Å²) in [5, 5.41) is 9.17. The molecule has 0 saturated heterocycles. The molecule has 0 aliphatic heterocycles. The van der Waals surface area contributed by atoms with E-state index in [-0.39, 0.29) is 23.7 Å². The van der Waals surface area contributed by atoms with E-state index in [1.807, 2.05) is 0 Å². The third-order valence-corrected chi connectivity index (χ3v) is 1.98. The van der Waals surface area contributed by atoms with Crippen LogP contribution in [0.25, 0.3) is 0 Å². The zero-order valence-corrected chi connectivity index (χ0v) is 9.07. The van der Waals surface area contributed by atoms with E-state index in [1.54, 1.807) is 6.92 Å². The molecule has 4 nitrogen and oxygen atoms in total. The van der Waals surface area contributed by atoms with E-state index in [2.05, 4.69) is 4.74 Å². The quantitative estimate of drug-likeness (QED) is 0.800. The molecule has 0 fully saturated rings. The molecule has 0 aliphatic rings. The number of benzene rings is 1. The van der Waals surface area contributed by atoms with Gasteiger partial charge in [0.1, 0.15) is 11.5 Å². The SMILES string of the molecule is CCOC(=O)C(F)c1ccc(O)cc1OC. The highest BCUT2D eigenvalue weighted by molar-refractivity contribution is 5.77. The van der Waals surface area contributed by atoms with Crippen molar-refractivity contribution in [3.63, 3.8) is 0 Å². The smallest absolute Gasteiger partial charge is 0.345 e. The van der Waals surface area contributed by atoms with Gasteiger partial charge in [0.05, 0.1) is 13.7 Å². The topological polar surface area (TPSA) is 55.8 Å². The average molecular weight is 228 g/mol. The first-order valence-corrected chi connectivity index (χ1v) is 4.77. The normalized spacial score (nSPS) is 11.9. The molecule has 0 bridgehead atoms. The minimum absolute atomic E-state index is 0.0405. The number of alkyl halides is 1. The Morgan fingerprint density at radius 3 is 2.81 bits per heavy atom. The van der Waals surface area contributed by atoms with E-state index in [1.165, 1.54) is 25.3 Å². The number of carbonyl (C=O) groups is 1. The second-order valence-electron chi connectivity index (χ2n) is 3.04. The average Bonchev–Trinajstić information content (AvgIpc) is 2.28.